The normalized spacial score (nSPS) is 26.9. The van der Waals surface area contributed by atoms with Gasteiger partial charge in [-0.1, -0.05) is 19.9 Å². The number of hydrogen-bond donors (Lipinski definition) is 0. The number of rotatable bonds is 1. The number of hydrogen-bond acceptors (Lipinski definition) is 1. The van der Waals surface area contributed by atoms with Gasteiger partial charge >= 0.3 is 6.18 Å². The highest BCUT2D eigenvalue weighted by atomic mass is 19.4. The lowest BCUT2D eigenvalue weighted by atomic mass is 9.75. The van der Waals surface area contributed by atoms with Crippen LogP contribution < -0.4 is 0 Å². The highest BCUT2D eigenvalue weighted by molar-refractivity contribution is 5.60. The molecule has 0 aliphatic heterocycles. The molecule has 0 saturated carbocycles. The van der Waals surface area contributed by atoms with Gasteiger partial charge in [-0.15, -0.1) is 0 Å². The zero-order valence-electron chi connectivity index (χ0n) is 8.19. The molecule has 14 heavy (non-hydrogen) atoms. The first kappa shape index (κ1) is 11.3. The molecule has 0 aromatic carbocycles. The van der Waals surface area contributed by atoms with Crippen molar-refractivity contribution in [2.75, 3.05) is 0 Å². The van der Waals surface area contributed by atoms with E-state index in [0.29, 0.717) is 19.1 Å². The minimum absolute atomic E-state index is 0.293. The summed E-state index contributed by atoms with van der Waals surface area (Å²) in [4.78, 5) is 10.5. The van der Waals surface area contributed by atoms with Crippen molar-refractivity contribution >= 4 is 6.29 Å². The van der Waals surface area contributed by atoms with Gasteiger partial charge in [0.2, 0.25) is 0 Å². The average Bonchev–Trinajstić information content (AvgIpc) is 2.01. The molecule has 0 fully saturated rings. The smallest absolute Gasteiger partial charge is 0.303 e. The van der Waals surface area contributed by atoms with E-state index in [1.165, 1.54) is 6.08 Å². The van der Waals surface area contributed by atoms with Crippen molar-refractivity contribution in [3.8, 4) is 0 Å². The van der Waals surface area contributed by atoms with Gasteiger partial charge in [0.25, 0.3) is 0 Å². The maximum absolute atomic E-state index is 12.5. The van der Waals surface area contributed by atoms with Crippen LogP contribution in [0.5, 0.6) is 0 Å². The van der Waals surface area contributed by atoms with Crippen LogP contribution in [0.4, 0.5) is 13.2 Å². The van der Waals surface area contributed by atoms with E-state index in [-0.39, 0.29) is 0 Å². The molecule has 0 amide bonds. The second-order valence-electron chi connectivity index (χ2n) is 4.37. The zero-order chi connectivity index (χ0) is 11.0. The van der Waals surface area contributed by atoms with Gasteiger partial charge in [-0.25, -0.2) is 0 Å². The van der Waals surface area contributed by atoms with E-state index >= 15 is 0 Å². The molecule has 0 radical (unpaired) electrons. The molecular formula is C10H13F3O. The third-order valence-corrected chi connectivity index (χ3v) is 2.54. The van der Waals surface area contributed by atoms with Crippen molar-refractivity contribution < 1.29 is 18.0 Å². The van der Waals surface area contributed by atoms with Crippen molar-refractivity contribution in [1.29, 1.82) is 0 Å². The number of carbonyl (C=O) groups excluding carboxylic acids is 1. The fourth-order valence-electron chi connectivity index (χ4n) is 1.72. The molecule has 4 heteroatoms. The van der Waals surface area contributed by atoms with E-state index < -0.39 is 23.1 Å². The Bertz CT molecular complexity index is 263. The van der Waals surface area contributed by atoms with Crippen LogP contribution in [0.15, 0.2) is 11.6 Å². The summed E-state index contributed by atoms with van der Waals surface area (Å²) in [6.07, 6.45) is -1.87. The fourth-order valence-corrected chi connectivity index (χ4v) is 1.72. The number of halogens is 3. The zero-order valence-corrected chi connectivity index (χ0v) is 8.19. The third kappa shape index (κ3) is 2.36. The summed E-state index contributed by atoms with van der Waals surface area (Å²) in [6, 6.07) is 0. The summed E-state index contributed by atoms with van der Waals surface area (Å²) in [7, 11) is 0. The Kier molecular flexibility index (Phi) is 2.74. The summed E-state index contributed by atoms with van der Waals surface area (Å²) in [6.45, 7) is 3.50. The second-order valence-corrected chi connectivity index (χ2v) is 4.37. The Morgan fingerprint density at radius 2 is 2.07 bits per heavy atom. The molecule has 0 heterocycles. The molecule has 1 unspecified atom stereocenters. The Morgan fingerprint density at radius 3 is 2.50 bits per heavy atom. The Hall–Kier alpha value is -0.800. The molecule has 0 spiro atoms. The fraction of sp³-hybridized carbons (Fsp3) is 0.700. The molecular weight excluding hydrogens is 193 g/mol. The molecule has 0 saturated heterocycles. The van der Waals surface area contributed by atoms with Crippen LogP contribution in [0.2, 0.25) is 0 Å². The average molecular weight is 206 g/mol. The van der Waals surface area contributed by atoms with E-state index in [0.717, 1.165) is 0 Å². The molecule has 0 N–H and O–H groups in total. The Labute approximate surface area is 81.0 Å². The van der Waals surface area contributed by atoms with Gasteiger partial charge < -0.3 is 4.79 Å². The van der Waals surface area contributed by atoms with Crippen molar-refractivity contribution in [1.82, 2.24) is 0 Å². The number of carbonyl (C=O) groups is 1. The first-order chi connectivity index (χ1) is 6.26. The van der Waals surface area contributed by atoms with Crippen LogP contribution in [0, 0.1) is 11.3 Å². The quantitative estimate of drug-likeness (QED) is 0.476. The molecule has 1 aliphatic rings. The molecule has 1 nitrogen and oxygen atoms in total. The lowest BCUT2D eigenvalue weighted by Gasteiger charge is -2.31. The number of allylic oxidation sites excluding steroid dienone is 2. The van der Waals surface area contributed by atoms with Gasteiger partial charge in [0.05, 0.1) is 0 Å². The Morgan fingerprint density at radius 1 is 1.50 bits per heavy atom. The SMILES string of the molecule is CC1(C)C=C(C(F)(F)F)C(C=O)CC1. The van der Waals surface area contributed by atoms with Gasteiger partial charge in [0.15, 0.2) is 0 Å². The molecule has 1 atom stereocenters. The lowest BCUT2D eigenvalue weighted by Crippen LogP contribution is -2.29. The molecule has 0 bridgehead atoms. The van der Waals surface area contributed by atoms with E-state index in [2.05, 4.69) is 0 Å². The molecule has 1 aliphatic carbocycles. The van der Waals surface area contributed by atoms with Crippen LogP contribution in [-0.4, -0.2) is 12.5 Å². The van der Waals surface area contributed by atoms with Gasteiger partial charge in [-0.05, 0) is 18.3 Å². The summed E-state index contributed by atoms with van der Waals surface area (Å²) < 4.78 is 37.5. The maximum Gasteiger partial charge on any atom is 0.413 e. The predicted octanol–water partition coefficient (Wildman–Crippen LogP) is 3.11. The lowest BCUT2D eigenvalue weighted by molar-refractivity contribution is -0.120. The minimum atomic E-state index is -4.37. The highest BCUT2D eigenvalue weighted by Crippen LogP contribution is 2.42. The van der Waals surface area contributed by atoms with E-state index in [4.69, 9.17) is 0 Å². The van der Waals surface area contributed by atoms with E-state index in [1.807, 2.05) is 0 Å². The Balaban J connectivity index is 3.05. The van der Waals surface area contributed by atoms with Gasteiger partial charge in [0.1, 0.15) is 6.29 Å². The third-order valence-electron chi connectivity index (χ3n) is 2.54. The van der Waals surface area contributed by atoms with E-state index in [1.54, 1.807) is 13.8 Å². The summed E-state index contributed by atoms with van der Waals surface area (Å²) in [5, 5.41) is 0. The van der Waals surface area contributed by atoms with Gasteiger partial charge in [-0.3, -0.25) is 0 Å². The summed E-state index contributed by atoms with van der Waals surface area (Å²) in [5.41, 5.74) is -1.13. The number of aldehydes is 1. The van der Waals surface area contributed by atoms with Crippen LogP contribution in [0.25, 0.3) is 0 Å². The van der Waals surface area contributed by atoms with Crippen molar-refractivity contribution in [3.63, 3.8) is 0 Å². The van der Waals surface area contributed by atoms with Crippen molar-refractivity contribution in [2.24, 2.45) is 11.3 Å². The first-order valence-corrected chi connectivity index (χ1v) is 4.51. The summed E-state index contributed by atoms with van der Waals surface area (Å²) >= 11 is 0. The largest absolute Gasteiger partial charge is 0.413 e. The maximum atomic E-state index is 12.5. The van der Waals surface area contributed by atoms with Crippen LogP contribution in [0.1, 0.15) is 26.7 Å². The molecule has 0 aromatic rings. The second kappa shape index (κ2) is 3.41. The van der Waals surface area contributed by atoms with Crippen molar-refractivity contribution in [3.05, 3.63) is 11.6 Å². The van der Waals surface area contributed by atoms with Crippen LogP contribution >= 0.6 is 0 Å². The van der Waals surface area contributed by atoms with E-state index in [9.17, 15) is 18.0 Å². The van der Waals surface area contributed by atoms with Gasteiger partial charge in [-0.2, -0.15) is 13.2 Å². The van der Waals surface area contributed by atoms with Crippen LogP contribution in [0.3, 0.4) is 0 Å². The molecule has 1 rings (SSSR count). The van der Waals surface area contributed by atoms with Crippen molar-refractivity contribution in [2.45, 2.75) is 32.9 Å². The first-order valence-electron chi connectivity index (χ1n) is 4.51. The highest BCUT2D eigenvalue weighted by Gasteiger charge is 2.42. The monoisotopic (exact) mass is 206 g/mol. The standard InChI is InChI=1S/C10H13F3O/c1-9(2)4-3-7(6-14)8(5-9)10(11,12)13/h5-7H,3-4H2,1-2H3. The summed E-state index contributed by atoms with van der Waals surface area (Å²) in [5.74, 6) is -0.969. The predicted molar refractivity (Wildman–Crippen MR) is 46.7 cm³/mol. The van der Waals surface area contributed by atoms with Gasteiger partial charge in [0, 0.05) is 11.5 Å². The molecule has 0 aromatic heterocycles. The van der Waals surface area contributed by atoms with Crippen LogP contribution in [-0.2, 0) is 4.79 Å². The topological polar surface area (TPSA) is 17.1 Å². The minimum Gasteiger partial charge on any atom is -0.303 e. The molecule has 80 valence electrons. The number of alkyl halides is 3.